The molecule has 0 aliphatic rings. The van der Waals surface area contributed by atoms with Crippen LogP contribution in [0.3, 0.4) is 0 Å². The van der Waals surface area contributed by atoms with Crippen molar-refractivity contribution in [3.8, 4) is 0 Å². The van der Waals surface area contributed by atoms with E-state index in [2.05, 4.69) is 13.5 Å². The van der Waals surface area contributed by atoms with Crippen LogP contribution >= 0.6 is 0 Å². The van der Waals surface area contributed by atoms with Gasteiger partial charge in [-0.05, 0) is 13.0 Å². The van der Waals surface area contributed by atoms with Crippen molar-refractivity contribution in [1.82, 2.24) is 0 Å². The molecule has 64 valence electrons. The molecule has 2 nitrogen and oxygen atoms in total. The zero-order valence-electron chi connectivity index (χ0n) is 7.30. The molecule has 0 aromatic heterocycles. The van der Waals surface area contributed by atoms with Crippen LogP contribution in [0, 0.1) is 0 Å². The van der Waals surface area contributed by atoms with Gasteiger partial charge in [0.05, 0.1) is 12.0 Å². The van der Waals surface area contributed by atoms with Gasteiger partial charge in [0.15, 0.2) is 0 Å². The molecule has 11 heavy (non-hydrogen) atoms. The van der Waals surface area contributed by atoms with Gasteiger partial charge in [0.25, 0.3) is 0 Å². The first-order chi connectivity index (χ1) is 5.35. The van der Waals surface area contributed by atoms with E-state index in [-0.39, 0.29) is 0 Å². The minimum atomic E-state index is 0.570. The standard InChI is InChI=1S/C9H16O2/c1-4-9(5-2)11-8-7-10-6-3/h4,6H,3,5,7-8H2,1-2H3. The lowest BCUT2D eigenvalue weighted by Gasteiger charge is -2.06. The minimum absolute atomic E-state index is 0.570. The highest BCUT2D eigenvalue weighted by atomic mass is 16.5. The summed E-state index contributed by atoms with van der Waals surface area (Å²) >= 11 is 0. The maximum Gasteiger partial charge on any atom is 0.122 e. The van der Waals surface area contributed by atoms with Crippen molar-refractivity contribution >= 4 is 0 Å². The van der Waals surface area contributed by atoms with Gasteiger partial charge >= 0.3 is 0 Å². The van der Waals surface area contributed by atoms with E-state index in [1.807, 2.05) is 13.0 Å². The summed E-state index contributed by atoms with van der Waals surface area (Å²) in [6.45, 7) is 8.62. The SMILES string of the molecule is C=COCCOC(=CC)CC. The predicted octanol–water partition coefficient (Wildman–Crippen LogP) is 2.48. The first-order valence-electron chi connectivity index (χ1n) is 3.85. The lowest BCUT2D eigenvalue weighted by molar-refractivity contribution is 0.128. The summed E-state index contributed by atoms with van der Waals surface area (Å²) < 4.78 is 10.2. The molecule has 0 N–H and O–H groups in total. The Morgan fingerprint density at radius 1 is 1.45 bits per heavy atom. The van der Waals surface area contributed by atoms with Gasteiger partial charge in [0, 0.05) is 6.42 Å². The lowest BCUT2D eigenvalue weighted by Crippen LogP contribution is -2.00. The summed E-state index contributed by atoms with van der Waals surface area (Å²) in [6.07, 6.45) is 4.32. The topological polar surface area (TPSA) is 18.5 Å². The molecule has 0 spiro atoms. The third-order valence-electron chi connectivity index (χ3n) is 1.28. The highest BCUT2D eigenvalue weighted by Gasteiger charge is 1.91. The van der Waals surface area contributed by atoms with Crippen LogP contribution < -0.4 is 0 Å². The second kappa shape index (κ2) is 7.19. The smallest absolute Gasteiger partial charge is 0.122 e. The van der Waals surface area contributed by atoms with E-state index in [1.54, 1.807) is 0 Å². The Bertz CT molecular complexity index is 128. The maximum atomic E-state index is 5.33. The van der Waals surface area contributed by atoms with E-state index in [9.17, 15) is 0 Å². The van der Waals surface area contributed by atoms with Crippen LogP contribution in [0.5, 0.6) is 0 Å². The number of hydrogen-bond acceptors (Lipinski definition) is 2. The van der Waals surface area contributed by atoms with Crippen LogP contribution in [0.25, 0.3) is 0 Å². The normalized spacial score (nSPS) is 10.9. The quantitative estimate of drug-likeness (QED) is 0.434. The second-order valence-corrected chi connectivity index (χ2v) is 1.99. The second-order valence-electron chi connectivity index (χ2n) is 1.99. The summed E-state index contributed by atoms with van der Waals surface area (Å²) in [5.41, 5.74) is 0. The molecule has 0 aromatic carbocycles. The number of allylic oxidation sites excluding steroid dienone is 2. The van der Waals surface area contributed by atoms with Crippen LogP contribution in [0.1, 0.15) is 20.3 Å². The summed E-state index contributed by atoms with van der Waals surface area (Å²) in [4.78, 5) is 0. The third-order valence-corrected chi connectivity index (χ3v) is 1.28. The molecule has 0 aliphatic carbocycles. The van der Waals surface area contributed by atoms with Gasteiger partial charge in [-0.1, -0.05) is 13.5 Å². The van der Waals surface area contributed by atoms with Crippen LogP contribution in [0.15, 0.2) is 24.7 Å². The monoisotopic (exact) mass is 156 g/mol. The first kappa shape index (κ1) is 10.1. The molecule has 0 atom stereocenters. The van der Waals surface area contributed by atoms with Gasteiger partial charge in [-0.25, -0.2) is 0 Å². The molecule has 0 fully saturated rings. The maximum absolute atomic E-state index is 5.33. The Labute approximate surface area is 68.5 Å². The van der Waals surface area contributed by atoms with E-state index in [1.165, 1.54) is 6.26 Å². The van der Waals surface area contributed by atoms with Crippen LogP contribution in [0.2, 0.25) is 0 Å². The van der Waals surface area contributed by atoms with Gasteiger partial charge in [-0.2, -0.15) is 0 Å². The molecule has 0 saturated carbocycles. The molecule has 0 aromatic rings. The molecule has 0 bridgehead atoms. The van der Waals surface area contributed by atoms with Gasteiger partial charge in [-0.15, -0.1) is 0 Å². The van der Waals surface area contributed by atoms with E-state index in [4.69, 9.17) is 9.47 Å². The molecule has 0 amide bonds. The van der Waals surface area contributed by atoms with Crippen molar-refractivity contribution in [1.29, 1.82) is 0 Å². The van der Waals surface area contributed by atoms with E-state index >= 15 is 0 Å². The molecule has 2 heteroatoms. The van der Waals surface area contributed by atoms with Crippen molar-refractivity contribution in [2.75, 3.05) is 13.2 Å². The Morgan fingerprint density at radius 2 is 2.18 bits per heavy atom. The van der Waals surface area contributed by atoms with Crippen LogP contribution in [-0.4, -0.2) is 13.2 Å². The van der Waals surface area contributed by atoms with Crippen molar-refractivity contribution in [2.24, 2.45) is 0 Å². The van der Waals surface area contributed by atoms with E-state index in [0.717, 1.165) is 12.2 Å². The summed E-state index contributed by atoms with van der Waals surface area (Å²) in [6, 6.07) is 0. The number of hydrogen-bond donors (Lipinski definition) is 0. The van der Waals surface area contributed by atoms with Gasteiger partial charge in [0.2, 0.25) is 0 Å². The highest BCUT2D eigenvalue weighted by Crippen LogP contribution is 2.01. The Kier molecular flexibility index (Phi) is 6.59. The average Bonchev–Trinajstić information content (AvgIpc) is 2.05. The Balaban J connectivity index is 3.29. The lowest BCUT2D eigenvalue weighted by atomic mass is 10.4. The summed E-state index contributed by atoms with van der Waals surface area (Å²) in [7, 11) is 0. The minimum Gasteiger partial charge on any atom is -0.498 e. The van der Waals surface area contributed by atoms with E-state index < -0.39 is 0 Å². The molecule has 0 saturated heterocycles. The highest BCUT2D eigenvalue weighted by molar-refractivity contribution is 4.88. The zero-order chi connectivity index (χ0) is 8.53. The zero-order valence-corrected chi connectivity index (χ0v) is 7.30. The van der Waals surface area contributed by atoms with Crippen molar-refractivity contribution in [2.45, 2.75) is 20.3 Å². The van der Waals surface area contributed by atoms with Gasteiger partial charge in [-0.3, -0.25) is 0 Å². The third kappa shape index (κ3) is 5.52. The first-order valence-corrected chi connectivity index (χ1v) is 3.85. The van der Waals surface area contributed by atoms with Crippen molar-refractivity contribution in [3.05, 3.63) is 24.7 Å². The summed E-state index contributed by atoms with van der Waals surface area (Å²) in [5, 5.41) is 0. The van der Waals surface area contributed by atoms with Crippen molar-refractivity contribution in [3.63, 3.8) is 0 Å². The van der Waals surface area contributed by atoms with Crippen LogP contribution in [-0.2, 0) is 9.47 Å². The Morgan fingerprint density at radius 3 is 2.64 bits per heavy atom. The van der Waals surface area contributed by atoms with Gasteiger partial charge < -0.3 is 9.47 Å². The van der Waals surface area contributed by atoms with Gasteiger partial charge in [0.1, 0.15) is 13.2 Å². The van der Waals surface area contributed by atoms with E-state index in [0.29, 0.717) is 13.2 Å². The molecule has 0 radical (unpaired) electrons. The summed E-state index contributed by atoms with van der Waals surface area (Å²) in [5.74, 6) is 1.01. The fraction of sp³-hybridized carbons (Fsp3) is 0.556. The molecular formula is C9H16O2. The number of rotatable bonds is 6. The fourth-order valence-electron chi connectivity index (χ4n) is 0.694. The van der Waals surface area contributed by atoms with Crippen LogP contribution in [0.4, 0.5) is 0 Å². The number of ether oxygens (including phenoxy) is 2. The molecule has 0 unspecified atom stereocenters. The molecule has 0 aliphatic heterocycles. The molecule has 0 rings (SSSR count). The average molecular weight is 156 g/mol. The predicted molar refractivity (Wildman–Crippen MR) is 46.1 cm³/mol. The molecule has 0 heterocycles. The Hall–Kier alpha value is -0.920. The van der Waals surface area contributed by atoms with Crippen molar-refractivity contribution < 1.29 is 9.47 Å². The fourth-order valence-corrected chi connectivity index (χ4v) is 0.694. The molecular weight excluding hydrogens is 140 g/mol. The largest absolute Gasteiger partial charge is 0.498 e.